The topological polar surface area (TPSA) is 99.4 Å². The summed E-state index contributed by atoms with van der Waals surface area (Å²) < 4.78 is 4.94. The van der Waals surface area contributed by atoms with Crippen molar-refractivity contribution in [2.45, 2.75) is 19.4 Å². The van der Waals surface area contributed by atoms with E-state index < -0.39 is 12.1 Å². The summed E-state index contributed by atoms with van der Waals surface area (Å²) in [6, 6.07) is 8.59. The van der Waals surface area contributed by atoms with Crippen LogP contribution >= 0.6 is 0 Å². The quantitative estimate of drug-likeness (QED) is 0.806. The maximum absolute atomic E-state index is 11.6. The van der Waals surface area contributed by atoms with Crippen molar-refractivity contribution in [1.29, 1.82) is 5.26 Å². The number of nitriles is 1. The van der Waals surface area contributed by atoms with E-state index >= 15 is 0 Å². The van der Waals surface area contributed by atoms with Crippen molar-refractivity contribution in [2.24, 2.45) is 0 Å². The van der Waals surface area contributed by atoms with E-state index in [9.17, 15) is 9.59 Å². The molecule has 0 aliphatic heterocycles. The molecule has 0 aromatic heterocycles. The van der Waals surface area contributed by atoms with Crippen molar-refractivity contribution < 1.29 is 19.4 Å². The molecule has 0 fully saturated rings. The fourth-order valence-corrected chi connectivity index (χ4v) is 1.30. The maximum Gasteiger partial charge on any atom is 0.332 e. The van der Waals surface area contributed by atoms with Crippen LogP contribution < -0.4 is 5.32 Å². The first-order valence-corrected chi connectivity index (χ1v) is 5.68. The zero-order valence-electron chi connectivity index (χ0n) is 10.4. The van der Waals surface area contributed by atoms with E-state index in [1.54, 1.807) is 24.3 Å². The van der Waals surface area contributed by atoms with Gasteiger partial charge >= 0.3 is 5.97 Å². The first-order chi connectivity index (χ1) is 9.04. The summed E-state index contributed by atoms with van der Waals surface area (Å²) in [5.74, 6) is -1.41. The maximum atomic E-state index is 11.6. The van der Waals surface area contributed by atoms with Crippen LogP contribution in [0.25, 0.3) is 0 Å². The number of carboxylic acids is 1. The normalized spacial score (nSPS) is 11.4. The average Bonchev–Trinajstić information content (AvgIpc) is 2.39. The van der Waals surface area contributed by atoms with Crippen molar-refractivity contribution in [3.8, 4) is 6.07 Å². The predicted molar refractivity (Wildman–Crippen MR) is 67.5 cm³/mol. The molecule has 1 rings (SSSR count). The number of carboxylic acid groups (broad SMARTS) is 1. The fourth-order valence-electron chi connectivity index (χ4n) is 1.30. The van der Waals surface area contributed by atoms with Gasteiger partial charge in [0.15, 0.2) is 6.10 Å². The van der Waals surface area contributed by atoms with E-state index in [4.69, 9.17) is 15.1 Å². The summed E-state index contributed by atoms with van der Waals surface area (Å²) in [5, 5.41) is 20.0. The molecule has 1 aromatic carbocycles. The van der Waals surface area contributed by atoms with Crippen LogP contribution in [0.1, 0.15) is 18.9 Å². The van der Waals surface area contributed by atoms with Gasteiger partial charge in [-0.3, -0.25) is 4.79 Å². The van der Waals surface area contributed by atoms with Gasteiger partial charge in [-0.2, -0.15) is 5.26 Å². The van der Waals surface area contributed by atoms with Gasteiger partial charge in [-0.1, -0.05) is 12.1 Å². The Morgan fingerprint density at radius 2 is 2.16 bits per heavy atom. The van der Waals surface area contributed by atoms with Gasteiger partial charge in [0.2, 0.25) is 5.91 Å². The van der Waals surface area contributed by atoms with E-state index in [1.165, 1.54) is 6.92 Å². The van der Waals surface area contributed by atoms with Crippen LogP contribution in [0.15, 0.2) is 24.3 Å². The third-order valence-corrected chi connectivity index (χ3v) is 2.37. The minimum absolute atomic E-state index is 0.00796. The van der Waals surface area contributed by atoms with Gasteiger partial charge in [0, 0.05) is 0 Å². The first kappa shape index (κ1) is 14.7. The Kier molecular flexibility index (Phi) is 5.51. The zero-order chi connectivity index (χ0) is 14.3. The van der Waals surface area contributed by atoms with E-state index in [1.807, 2.05) is 6.07 Å². The molecule has 19 heavy (non-hydrogen) atoms. The molecular weight excluding hydrogens is 248 g/mol. The summed E-state index contributed by atoms with van der Waals surface area (Å²) in [4.78, 5) is 22.1. The summed E-state index contributed by atoms with van der Waals surface area (Å²) in [6.45, 7) is 1.40. The smallest absolute Gasteiger partial charge is 0.332 e. The van der Waals surface area contributed by atoms with Crippen molar-refractivity contribution in [3.05, 3.63) is 29.8 Å². The lowest BCUT2D eigenvalue weighted by molar-refractivity contribution is -0.149. The highest BCUT2D eigenvalue weighted by Crippen LogP contribution is 2.13. The molecular formula is C13H14N2O4. The molecule has 6 nitrogen and oxygen atoms in total. The van der Waals surface area contributed by atoms with Crippen LogP contribution in [0.5, 0.6) is 0 Å². The lowest BCUT2D eigenvalue weighted by Gasteiger charge is -2.09. The number of amides is 1. The molecule has 100 valence electrons. The second kappa shape index (κ2) is 7.13. The van der Waals surface area contributed by atoms with Gasteiger partial charge in [-0.05, 0) is 19.1 Å². The number of anilines is 1. The fraction of sp³-hybridized carbons (Fsp3) is 0.308. The lowest BCUT2D eigenvalue weighted by Crippen LogP contribution is -2.22. The van der Waals surface area contributed by atoms with E-state index in [0.29, 0.717) is 11.3 Å². The molecule has 0 aliphatic carbocycles. The highest BCUT2D eigenvalue weighted by atomic mass is 16.5. The van der Waals surface area contributed by atoms with Gasteiger partial charge in [-0.15, -0.1) is 0 Å². The monoisotopic (exact) mass is 262 g/mol. The Balaban J connectivity index is 2.44. The molecule has 0 unspecified atom stereocenters. The van der Waals surface area contributed by atoms with Crippen LogP contribution in [0.2, 0.25) is 0 Å². The Morgan fingerprint density at radius 3 is 2.79 bits per heavy atom. The van der Waals surface area contributed by atoms with Crippen LogP contribution in [0.4, 0.5) is 5.69 Å². The van der Waals surface area contributed by atoms with Gasteiger partial charge in [0.05, 0.1) is 24.3 Å². The molecule has 2 N–H and O–H groups in total. The molecule has 0 aliphatic rings. The SMILES string of the molecule is C[C@@H](OCCC(=O)Nc1ccccc1C#N)C(=O)O. The van der Waals surface area contributed by atoms with Gasteiger partial charge in [-0.25, -0.2) is 4.79 Å². The minimum Gasteiger partial charge on any atom is -0.479 e. The first-order valence-electron chi connectivity index (χ1n) is 5.68. The van der Waals surface area contributed by atoms with Crippen LogP contribution in [-0.2, 0) is 14.3 Å². The Labute approximate surface area is 110 Å². The molecule has 1 amide bonds. The van der Waals surface area contributed by atoms with Crippen LogP contribution in [0.3, 0.4) is 0 Å². The lowest BCUT2D eigenvalue weighted by atomic mass is 10.2. The summed E-state index contributed by atoms with van der Waals surface area (Å²) in [5.41, 5.74) is 0.803. The summed E-state index contributed by atoms with van der Waals surface area (Å²) in [7, 11) is 0. The number of nitrogens with one attached hydrogen (secondary N) is 1. The molecule has 1 aromatic rings. The number of carbonyl (C=O) groups is 2. The average molecular weight is 262 g/mol. The third-order valence-electron chi connectivity index (χ3n) is 2.37. The van der Waals surface area contributed by atoms with Crippen molar-refractivity contribution in [3.63, 3.8) is 0 Å². The van der Waals surface area contributed by atoms with Crippen molar-refractivity contribution >= 4 is 17.6 Å². The summed E-state index contributed by atoms with van der Waals surface area (Å²) >= 11 is 0. The molecule has 6 heteroatoms. The molecule has 0 heterocycles. The Bertz CT molecular complexity index is 508. The third kappa shape index (κ3) is 4.77. The number of hydrogen-bond acceptors (Lipinski definition) is 4. The highest BCUT2D eigenvalue weighted by Gasteiger charge is 2.12. The number of ether oxygens (including phenoxy) is 1. The second-order valence-corrected chi connectivity index (χ2v) is 3.81. The molecule has 0 spiro atoms. The molecule has 0 bridgehead atoms. The Hall–Kier alpha value is -2.39. The predicted octanol–water partition coefficient (Wildman–Crippen LogP) is 1.38. The number of aliphatic carboxylic acids is 1. The number of hydrogen-bond donors (Lipinski definition) is 2. The minimum atomic E-state index is -1.07. The van der Waals surface area contributed by atoms with Crippen LogP contribution in [-0.4, -0.2) is 29.7 Å². The summed E-state index contributed by atoms with van der Waals surface area (Å²) in [6.07, 6.45) is -0.920. The Morgan fingerprint density at radius 1 is 1.47 bits per heavy atom. The highest BCUT2D eigenvalue weighted by molar-refractivity contribution is 5.92. The number of nitrogens with zero attached hydrogens (tertiary/aromatic N) is 1. The van der Waals surface area contributed by atoms with Crippen LogP contribution in [0, 0.1) is 11.3 Å². The van der Waals surface area contributed by atoms with Gasteiger partial charge < -0.3 is 15.2 Å². The van der Waals surface area contributed by atoms with E-state index in [-0.39, 0.29) is 18.9 Å². The van der Waals surface area contributed by atoms with E-state index in [0.717, 1.165) is 0 Å². The molecule has 0 saturated carbocycles. The molecule has 0 radical (unpaired) electrons. The standard InChI is InChI=1S/C13H14N2O4/c1-9(13(17)18)19-7-6-12(16)15-11-5-3-2-4-10(11)8-14/h2-5,9H,6-7H2,1H3,(H,15,16)(H,17,18)/t9-/m1/s1. The molecule has 0 saturated heterocycles. The van der Waals surface area contributed by atoms with Crippen molar-refractivity contribution in [2.75, 3.05) is 11.9 Å². The number of benzene rings is 1. The number of para-hydroxylation sites is 1. The second-order valence-electron chi connectivity index (χ2n) is 3.81. The number of rotatable bonds is 6. The zero-order valence-corrected chi connectivity index (χ0v) is 10.4. The van der Waals surface area contributed by atoms with Gasteiger partial charge in [0.25, 0.3) is 0 Å². The largest absolute Gasteiger partial charge is 0.479 e. The van der Waals surface area contributed by atoms with E-state index in [2.05, 4.69) is 5.32 Å². The van der Waals surface area contributed by atoms with Gasteiger partial charge in [0.1, 0.15) is 6.07 Å². The number of carbonyl (C=O) groups excluding carboxylic acids is 1. The van der Waals surface area contributed by atoms with Crippen molar-refractivity contribution in [1.82, 2.24) is 0 Å². The molecule has 1 atom stereocenters.